The first-order chi connectivity index (χ1) is 16.9. The summed E-state index contributed by atoms with van der Waals surface area (Å²) in [6.07, 6.45) is 3.61. The molecule has 10 nitrogen and oxygen atoms in total. The maximum atomic E-state index is 13.1. The average Bonchev–Trinajstić information content (AvgIpc) is 2.72. The van der Waals surface area contributed by atoms with Gasteiger partial charge < -0.3 is 14.4 Å². The highest BCUT2D eigenvalue weighted by atomic mass is 16.6. The zero-order valence-corrected chi connectivity index (χ0v) is 25.4. The van der Waals surface area contributed by atoms with Crippen molar-refractivity contribution in [3.05, 3.63) is 24.0 Å². The van der Waals surface area contributed by atoms with Gasteiger partial charge in [0.1, 0.15) is 11.2 Å². The Kier molecular flexibility index (Phi) is 17.0. The van der Waals surface area contributed by atoms with E-state index in [2.05, 4.69) is 40.6 Å². The molecule has 0 spiro atoms. The molecule has 0 radical (unpaired) electrons. The van der Waals surface area contributed by atoms with E-state index in [4.69, 9.17) is 9.47 Å². The Morgan fingerprint density at radius 1 is 1.00 bits per heavy atom. The highest BCUT2D eigenvalue weighted by Crippen LogP contribution is 2.15. The van der Waals surface area contributed by atoms with Crippen molar-refractivity contribution in [2.45, 2.75) is 113 Å². The summed E-state index contributed by atoms with van der Waals surface area (Å²) in [5.41, 5.74) is -0.225. The molecule has 0 aromatic carbocycles. The molecule has 2 amide bonds. The first-order valence-electron chi connectivity index (χ1n) is 12.7. The van der Waals surface area contributed by atoms with E-state index in [1.54, 1.807) is 54.8 Å². The lowest BCUT2D eigenvalue weighted by Gasteiger charge is -2.30. The summed E-state index contributed by atoms with van der Waals surface area (Å²) in [5.74, 6) is -0.0595. The molecule has 0 saturated carbocycles. The number of amides is 2. The van der Waals surface area contributed by atoms with Crippen molar-refractivity contribution in [1.29, 1.82) is 0 Å². The molecule has 37 heavy (non-hydrogen) atoms. The number of guanidine groups is 1. The monoisotopic (exact) mass is 522 g/mol. The minimum atomic E-state index is -0.869. The van der Waals surface area contributed by atoms with Crippen molar-refractivity contribution in [3.8, 4) is 0 Å². The molecule has 0 rings (SSSR count). The molecule has 0 fully saturated rings. The van der Waals surface area contributed by atoms with Gasteiger partial charge in [-0.15, -0.1) is 4.99 Å². The number of hydrogen-bond donors (Lipinski definition) is 0. The molecule has 0 heterocycles. The third-order valence-corrected chi connectivity index (χ3v) is 3.62. The molecule has 0 aromatic heterocycles. The quantitative estimate of drug-likeness (QED) is 0.194. The van der Waals surface area contributed by atoms with Gasteiger partial charge in [-0.1, -0.05) is 39.3 Å². The maximum Gasteiger partial charge on any atom is 0.437 e. The minimum Gasteiger partial charge on any atom is -0.443 e. The Bertz CT molecular complexity index is 846. The van der Waals surface area contributed by atoms with Crippen LogP contribution in [0.15, 0.2) is 44.3 Å². The third-order valence-electron chi connectivity index (χ3n) is 3.62. The van der Waals surface area contributed by atoms with Gasteiger partial charge in [-0.05, 0) is 68.7 Å². The largest absolute Gasteiger partial charge is 0.443 e. The number of ether oxygens (including phenoxy) is 2. The lowest BCUT2D eigenvalue weighted by Crippen LogP contribution is -2.48. The Morgan fingerprint density at radius 3 is 1.95 bits per heavy atom. The first-order valence-corrected chi connectivity index (χ1v) is 12.7. The van der Waals surface area contributed by atoms with Crippen molar-refractivity contribution < 1.29 is 19.1 Å². The van der Waals surface area contributed by atoms with Gasteiger partial charge in [0.2, 0.25) is 5.96 Å². The van der Waals surface area contributed by atoms with E-state index in [-0.39, 0.29) is 24.2 Å². The summed E-state index contributed by atoms with van der Waals surface area (Å²) in [5, 5.41) is 8.14. The van der Waals surface area contributed by atoms with Crippen molar-refractivity contribution in [1.82, 2.24) is 9.80 Å². The van der Waals surface area contributed by atoms with Crippen LogP contribution in [-0.4, -0.2) is 65.1 Å². The van der Waals surface area contributed by atoms with Gasteiger partial charge in [-0.25, -0.2) is 19.5 Å². The number of rotatable bonds is 7. The summed E-state index contributed by atoms with van der Waals surface area (Å²) in [6.45, 7) is 26.1. The predicted octanol–water partition coefficient (Wildman–Crippen LogP) is 7.58. The molecule has 0 aliphatic rings. The van der Waals surface area contributed by atoms with E-state index in [0.717, 1.165) is 16.9 Å². The van der Waals surface area contributed by atoms with E-state index in [0.29, 0.717) is 0 Å². The van der Waals surface area contributed by atoms with Crippen LogP contribution in [0.5, 0.6) is 0 Å². The fourth-order valence-corrected chi connectivity index (χ4v) is 2.04. The lowest BCUT2D eigenvalue weighted by molar-refractivity contribution is 0.0367. The van der Waals surface area contributed by atoms with E-state index in [1.807, 2.05) is 27.7 Å². The van der Waals surface area contributed by atoms with Crippen LogP contribution in [0.4, 0.5) is 9.59 Å². The zero-order valence-electron chi connectivity index (χ0n) is 25.4. The standard InChI is InChI=1S/C24H42N6O4.C3H8/c1-13-18(4)14-25-16-29(12)20(26-21(31)33-23(6,7)8)30(22(32)34-24(9,10)11)15-19(5)28-27-17(2)3;1-3-2/h14,16-17H,5,13,15H2,1-4,6-12H3;3H2,1-2H3/b18-14+,25-16?,26-20+,28-27?;. The molecule has 0 N–H and O–H groups in total. The molecule has 0 unspecified atom stereocenters. The molecule has 0 atom stereocenters. The average molecular weight is 523 g/mol. The number of carbonyl (C=O) groups is 2. The van der Waals surface area contributed by atoms with Crippen LogP contribution in [0.3, 0.4) is 0 Å². The van der Waals surface area contributed by atoms with Gasteiger partial charge in [0.15, 0.2) is 0 Å². The summed E-state index contributed by atoms with van der Waals surface area (Å²) in [4.78, 5) is 36.6. The van der Waals surface area contributed by atoms with Gasteiger partial charge in [-0.3, -0.25) is 0 Å². The second-order valence-corrected chi connectivity index (χ2v) is 10.7. The Labute approximate surface area is 224 Å². The SMILES string of the molecule is C=C(CN(C(=O)OC(C)(C)C)/C(=N/C(=O)OC(C)(C)C)N(C)C=N/C=C(\C)CC)N=NC(C)C.CCC. The Morgan fingerprint density at radius 2 is 1.51 bits per heavy atom. The van der Waals surface area contributed by atoms with E-state index in [9.17, 15) is 9.59 Å². The summed E-state index contributed by atoms with van der Waals surface area (Å²) >= 11 is 0. The molecular weight excluding hydrogens is 472 g/mol. The van der Waals surface area contributed by atoms with Crippen LogP contribution in [-0.2, 0) is 9.47 Å². The van der Waals surface area contributed by atoms with Crippen LogP contribution in [0.1, 0.15) is 95.9 Å². The second-order valence-electron chi connectivity index (χ2n) is 10.7. The Hall–Kier alpha value is -3.04. The van der Waals surface area contributed by atoms with Crippen LogP contribution in [0.25, 0.3) is 0 Å². The van der Waals surface area contributed by atoms with Gasteiger partial charge in [0, 0.05) is 13.2 Å². The van der Waals surface area contributed by atoms with E-state index >= 15 is 0 Å². The van der Waals surface area contributed by atoms with Crippen molar-refractivity contribution >= 4 is 24.5 Å². The number of carbonyl (C=O) groups excluding carboxylic acids is 2. The zero-order chi connectivity index (χ0) is 29.4. The van der Waals surface area contributed by atoms with Crippen LogP contribution < -0.4 is 0 Å². The summed E-state index contributed by atoms with van der Waals surface area (Å²) in [6, 6.07) is -0.0509. The molecule has 0 saturated heterocycles. The van der Waals surface area contributed by atoms with Gasteiger partial charge in [0.05, 0.1) is 24.6 Å². The van der Waals surface area contributed by atoms with Crippen LogP contribution >= 0.6 is 0 Å². The van der Waals surface area contributed by atoms with Gasteiger partial charge >= 0.3 is 12.2 Å². The van der Waals surface area contributed by atoms with Crippen LogP contribution in [0.2, 0.25) is 0 Å². The van der Waals surface area contributed by atoms with E-state index < -0.39 is 23.4 Å². The topological polar surface area (TPSA) is 109 Å². The highest BCUT2D eigenvalue weighted by Gasteiger charge is 2.30. The van der Waals surface area contributed by atoms with Gasteiger partial charge in [0.25, 0.3) is 0 Å². The third kappa shape index (κ3) is 19.8. The fraction of sp³-hybridized carbons (Fsp3) is 0.704. The number of aliphatic imine (C=N–C) groups is 2. The molecule has 10 heteroatoms. The number of allylic oxidation sites excluding steroid dienone is 1. The Balaban J connectivity index is 0. The van der Waals surface area contributed by atoms with Gasteiger partial charge in [-0.2, -0.15) is 10.2 Å². The minimum absolute atomic E-state index is 0.0509. The lowest BCUT2D eigenvalue weighted by atomic mass is 10.2. The first kappa shape index (κ1) is 36.1. The number of hydrogen-bond acceptors (Lipinski definition) is 7. The number of azo groups is 1. The number of nitrogens with zero attached hydrogens (tertiary/aromatic N) is 6. The molecule has 212 valence electrons. The molecule has 0 aromatic rings. The smallest absolute Gasteiger partial charge is 0.437 e. The maximum absolute atomic E-state index is 13.1. The molecule has 0 aliphatic carbocycles. The van der Waals surface area contributed by atoms with Crippen molar-refractivity contribution in [2.75, 3.05) is 13.6 Å². The predicted molar refractivity (Wildman–Crippen MR) is 152 cm³/mol. The van der Waals surface area contributed by atoms with Crippen molar-refractivity contribution in [2.24, 2.45) is 20.2 Å². The van der Waals surface area contributed by atoms with Crippen LogP contribution in [0, 0.1) is 0 Å². The summed E-state index contributed by atoms with van der Waals surface area (Å²) < 4.78 is 10.9. The molecular formula is C27H50N6O4. The van der Waals surface area contributed by atoms with E-state index in [1.165, 1.54) is 17.7 Å². The second kappa shape index (κ2) is 17.4. The fourth-order valence-electron chi connectivity index (χ4n) is 2.04. The van der Waals surface area contributed by atoms with Crippen molar-refractivity contribution in [3.63, 3.8) is 0 Å². The highest BCUT2D eigenvalue weighted by molar-refractivity contribution is 6.03. The normalized spacial score (nSPS) is 12.9. The molecule has 0 bridgehead atoms. The molecule has 0 aliphatic heterocycles. The summed E-state index contributed by atoms with van der Waals surface area (Å²) in [7, 11) is 1.61.